The zero-order valence-corrected chi connectivity index (χ0v) is 56.3. The molecule has 0 heterocycles. The molecule has 0 aliphatic carbocycles. The maximum Gasteiger partial charge on any atom is 0.343 e. The first-order valence-corrected chi connectivity index (χ1v) is 30.5. The Morgan fingerprint density at radius 2 is 0.416 bits per heavy atom. The lowest BCUT2D eigenvalue weighted by molar-refractivity contribution is 0.0719. The fraction of sp³-hybridized carbons (Fsp3) is 0.241. The number of rotatable bonds is 9. The van der Waals surface area contributed by atoms with Crippen molar-refractivity contribution in [2.24, 2.45) is 0 Å². The fourth-order valence-corrected chi connectivity index (χ4v) is 9.21. The van der Waals surface area contributed by atoms with Crippen molar-refractivity contribution in [2.45, 2.75) is 138 Å². The van der Waals surface area contributed by atoms with Crippen LogP contribution in [-0.4, -0.2) is 17.7 Å². The van der Waals surface area contributed by atoms with E-state index in [0.717, 1.165) is 56.0 Å². The molecule has 0 saturated heterocycles. The number of benzene rings is 10. The van der Waals surface area contributed by atoms with E-state index in [4.69, 9.17) is 14.2 Å². The summed E-state index contributed by atoms with van der Waals surface area (Å²) >= 11 is 0. The normalized spacial score (nSPS) is 10.4. The van der Waals surface area contributed by atoms with Crippen LogP contribution in [-0.2, 0) is 0 Å². The van der Waals surface area contributed by atoms with Gasteiger partial charge in [-0.3, -0.25) is 4.79 Å². The summed E-state index contributed by atoms with van der Waals surface area (Å²) in [6.07, 6.45) is 0. The van der Waals surface area contributed by atoms with Crippen LogP contribution in [0.15, 0.2) is 182 Å². The molecule has 10 rings (SSSR count). The summed E-state index contributed by atoms with van der Waals surface area (Å²) in [4.78, 5) is 36.9. The monoisotopic (exact) mass is 1180 g/mol. The Hall–Kier alpha value is -9.39. The minimum atomic E-state index is -0.428. The zero-order valence-electron chi connectivity index (χ0n) is 56.3. The second-order valence-corrected chi connectivity index (χ2v) is 24.0. The van der Waals surface area contributed by atoms with Crippen LogP contribution >= 0.6 is 0 Å². The Bertz CT molecular complexity index is 3870. The quantitative estimate of drug-likeness (QED) is 0.0814. The lowest BCUT2D eigenvalue weighted by atomic mass is 9.97. The number of ether oxygens (including phenoxy) is 3. The van der Waals surface area contributed by atoms with Crippen molar-refractivity contribution in [2.75, 3.05) is 0 Å². The van der Waals surface area contributed by atoms with E-state index in [0.29, 0.717) is 22.6 Å². The number of hydrogen-bond acceptors (Lipinski definition) is 6. The van der Waals surface area contributed by atoms with Gasteiger partial charge in [0.05, 0.1) is 11.1 Å². The molecule has 0 unspecified atom stereocenters. The van der Waals surface area contributed by atoms with Gasteiger partial charge in [-0.05, 0) is 346 Å². The molecule has 10 aromatic carbocycles. The molecule has 10 aromatic rings. The van der Waals surface area contributed by atoms with Gasteiger partial charge in [-0.1, -0.05) is 97.1 Å². The molecular formula is C83H90O6. The number of aryl methyl sites for hydroxylation is 20. The molecule has 0 bridgehead atoms. The molecule has 6 heteroatoms. The smallest absolute Gasteiger partial charge is 0.343 e. The molecule has 458 valence electrons. The van der Waals surface area contributed by atoms with Crippen LogP contribution in [0.1, 0.15) is 148 Å². The van der Waals surface area contributed by atoms with Crippen molar-refractivity contribution in [1.82, 2.24) is 0 Å². The first-order valence-electron chi connectivity index (χ1n) is 30.5. The molecule has 0 radical (unpaired) electrons. The second kappa shape index (κ2) is 31.5. The Kier molecular flexibility index (Phi) is 24.3. The first-order chi connectivity index (χ1) is 42.1. The van der Waals surface area contributed by atoms with Crippen LogP contribution in [0.2, 0.25) is 0 Å². The van der Waals surface area contributed by atoms with E-state index in [1.54, 1.807) is 48.5 Å². The van der Waals surface area contributed by atoms with Crippen molar-refractivity contribution in [1.29, 1.82) is 0 Å². The Morgan fingerprint density at radius 3 is 0.685 bits per heavy atom. The van der Waals surface area contributed by atoms with Gasteiger partial charge in [0.15, 0.2) is 5.78 Å². The average molecular weight is 1180 g/mol. The lowest BCUT2D eigenvalue weighted by Crippen LogP contribution is -2.10. The van der Waals surface area contributed by atoms with Crippen LogP contribution < -0.4 is 14.2 Å². The minimum absolute atomic E-state index is 0.0983. The highest BCUT2D eigenvalue weighted by molar-refractivity contribution is 6.09. The van der Waals surface area contributed by atoms with Gasteiger partial charge in [0, 0.05) is 11.1 Å². The summed E-state index contributed by atoms with van der Waals surface area (Å²) in [6, 6.07) is 59.2. The second-order valence-electron chi connectivity index (χ2n) is 24.0. The van der Waals surface area contributed by atoms with Crippen LogP contribution in [0, 0.1) is 138 Å². The molecule has 6 nitrogen and oxygen atoms in total. The Labute approximate surface area is 531 Å². The maximum absolute atomic E-state index is 12.4. The summed E-state index contributed by atoms with van der Waals surface area (Å²) in [6.45, 7) is 41.7. The van der Waals surface area contributed by atoms with Crippen LogP contribution in [0.3, 0.4) is 0 Å². The van der Waals surface area contributed by atoms with Gasteiger partial charge >= 0.3 is 11.9 Å². The third kappa shape index (κ3) is 19.8. The van der Waals surface area contributed by atoms with E-state index in [1.807, 2.05) is 102 Å². The molecule has 0 spiro atoms. The van der Waals surface area contributed by atoms with Crippen molar-refractivity contribution >= 4 is 17.7 Å². The van der Waals surface area contributed by atoms with Gasteiger partial charge in [0.2, 0.25) is 0 Å². The van der Waals surface area contributed by atoms with Gasteiger partial charge < -0.3 is 14.2 Å². The first kappa shape index (κ1) is 68.7. The van der Waals surface area contributed by atoms with Crippen molar-refractivity contribution in [3.63, 3.8) is 0 Å². The number of carbonyl (C=O) groups is 3. The van der Waals surface area contributed by atoms with Crippen molar-refractivity contribution < 1.29 is 28.6 Å². The lowest BCUT2D eigenvalue weighted by Gasteiger charge is -2.09. The molecular weight excluding hydrogens is 1090 g/mol. The van der Waals surface area contributed by atoms with Gasteiger partial charge in [-0.15, -0.1) is 0 Å². The van der Waals surface area contributed by atoms with E-state index < -0.39 is 11.9 Å². The predicted octanol–water partition coefficient (Wildman–Crippen LogP) is 21.7. The summed E-state index contributed by atoms with van der Waals surface area (Å²) in [5.41, 5.74) is 30.3. The number of esters is 2. The fourth-order valence-electron chi connectivity index (χ4n) is 9.21. The van der Waals surface area contributed by atoms with Crippen molar-refractivity contribution in [3.8, 4) is 34.1 Å². The Balaban J connectivity index is 0.000000184. The molecule has 0 aliphatic rings. The number of hydrogen-bond donors (Lipinski definition) is 0. The highest BCUT2D eigenvalue weighted by Crippen LogP contribution is 2.28. The highest BCUT2D eigenvalue weighted by atomic mass is 16.5. The van der Waals surface area contributed by atoms with Crippen LogP contribution in [0.25, 0.3) is 11.1 Å². The molecule has 0 aromatic heterocycles. The van der Waals surface area contributed by atoms with E-state index in [1.165, 1.54) is 89.0 Å². The van der Waals surface area contributed by atoms with Gasteiger partial charge in [-0.2, -0.15) is 0 Å². The van der Waals surface area contributed by atoms with E-state index >= 15 is 0 Å². The van der Waals surface area contributed by atoms with E-state index in [-0.39, 0.29) is 5.78 Å². The van der Waals surface area contributed by atoms with Gasteiger partial charge in [0.1, 0.15) is 23.0 Å². The minimum Gasteiger partial charge on any atom is -0.457 e. The van der Waals surface area contributed by atoms with Gasteiger partial charge in [0.25, 0.3) is 0 Å². The van der Waals surface area contributed by atoms with Gasteiger partial charge in [-0.25, -0.2) is 9.59 Å². The number of ketones is 1. The molecule has 0 atom stereocenters. The largest absolute Gasteiger partial charge is 0.457 e. The van der Waals surface area contributed by atoms with Crippen LogP contribution in [0.4, 0.5) is 0 Å². The average Bonchev–Trinajstić information content (AvgIpc) is 3.03. The third-order valence-electron chi connectivity index (χ3n) is 16.9. The highest BCUT2D eigenvalue weighted by Gasteiger charge is 2.14. The SMILES string of the molecule is Cc1cc(C)c(C)cc1C.Cc1ccc(-c2ccc(C)c(C)c2)cc1C.Cc1ccc(C(=O)Oc2ccc(OC(=O)c3ccc(C)c(C)c3)cc2)cc1C.Cc1ccc(C(=O)c2ccc(C)c(C)c2)cc1C.Cc1ccc(Oc2ccc(C)c(C)c2)cc1C. The number of carbonyl (C=O) groups excluding carboxylic acids is 3. The molecule has 0 aliphatic heterocycles. The molecule has 0 N–H and O–H groups in total. The van der Waals surface area contributed by atoms with E-state index in [2.05, 4.69) is 170 Å². The standard InChI is InChI=1S/C24H22O4.C17H18O.C16H18O.C16H18.C10H14/c1-15-5-7-19(13-17(15)3)23(25)27-21-9-11-22(12-10-21)28-24(26)20-8-6-16(2)18(4)14-20;1-11-5-7-15(9-13(11)3)17(18)16-8-6-12(2)14(4)10-16;1-11-5-7-15(9-13(11)3)17-16-8-6-12(2)14(4)10-16;1-11-5-7-15(9-13(11)3)16-8-6-12(2)14(4)10-16;1-7-5-9(3)10(4)6-8(7)2/h5-14H,1-4H3;5-10H,1-4H3;5-10H,1-4H3;5-10H,1-4H3;5-6H,1-4H3. The summed E-state index contributed by atoms with van der Waals surface area (Å²) in [5.74, 6) is 1.81. The van der Waals surface area contributed by atoms with Crippen LogP contribution in [0.5, 0.6) is 23.0 Å². The predicted molar refractivity (Wildman–Crippen MR) is 372 cm³/mol. The topological polar surface area (TPSA) is 78.9 Å². The summed E-state index contributed by atoms with van der Waals surface area (Å²) in [5, 5.41) is 0. The molecule has 0 amide bonds. The zero-order chi connectivity index (χ0) is 65.4. The Morgan fingerprint density at radius 1 is 0.202 bits per heavy atom. The molecule has 0 saturated carbocycles. The van der Waals surface area contributed by atoms with E-state index in [9.17, 15) is 14.4 Å². The summed E-state index contributed by atoms with van der Waals surface area (Å²) < 4.78 is 16.6. The van der Waals surface area contributed by atoms with Crippen molar-refractivity contribution in [3.05, 3.63) is 316 Å². The molecule has 0 fully saturated rings. The summed E-state index contributed by atoms with van der Waals surface area (Å²) in [7, 11) is 0. The molecule has 89 heavy (non-hydrogen) atoms. The third-order valence-corrected chi connectivity index (χ3v) is 16.9. The maximum atomic E-state index is 12.4.